The molecule has 0 aliphatic heterocycles. The van der Waals surface area contributed by atoms with Crippen LogP contribution in [0.1, 0.15) is 29.2 Å². The number of hydrogen-bond acceptors (Lipinski definition) is 3. The third kappa shape index (κ3) is 5.55. The average Bonchev–Trinajstić information content (AvgIpc) is 2.56. The highest BCUT2D eigenvalue weighted by Crippen LogP contribution is 2.11. The van der Waals surface area contributed by atoms with E-state index >= 15 is 0 Å². The Labute approximate surface area is 138 Å². The molecule has 118 valence electrons. The van der Waals surface area contributed by atoms with Crippen LogP contribution in [0.2, 0.25) is 0 Å². The molecule has 2 aromatic carbocycles. The van der Waals surface area contributed by atoms with E-state index in [1.54, 1.807) is 12.4 Å². The molecule has 0 spiro atoms. The second-order valence-electron chi connectivity index (χ2n) is 5.28. The van der Waals surface area contributed by atoms with Gasteiger partial charge in [-0.25, -0.2) is 0 Å². The van der Waals surface area contributed by atoms with E-state index in [0.717, 1.165) is 16.9 Å². The van der Waals surface area contributed by atoms with E-state index in [0.29, 0.717) is 6.61 Å². The molecule has 0 saturated carbocycles. The third-order valence-electron chi connectivity index (χ3n) is 3.47. The average molecular weight is 306 g/mol. The van der Waals surface area contributed by atoms with Crippen molar-refractivity contribution < 1.29 is 4.74 Å². The van der Waals surface area contributed by atoms with Crippen LogP contribution in [0.25, 0.3) is 0 Å². The number of benzene rings is 2. The van der Waals surface area contributed by atoms with Gasteiger partial charge < -0.3 is 4.74 Å². The van der Waals surface area contributed by atoms with E-state index in [9.17, 15) is 0 Å². The van der Waals surface area contributed by atoms with Gasteiger partial charge in [-0.05, 0) is 67.3 Å². The number of ether oxygens (including phenoxy) is 1. The van der Waals surface area contributed by atoms with Crippen molar-refractivity contribution >= 4 is 12.4 Å². The number of hydrogen-bond donors (Lipinski definition) is 0. The Morgan fingerprint density at radius 3 is 2.17 bits per heavy atom. The summed E-state index contributed by atoms with van der Waals surface area (Å²) in [6.45, 7) is 6.75. The molecule has 0 heterocycles. The van der Waals surface area contributed by atoms with Crippen LogP contribution in [0.15, 0.2) is 64.8 Å². The van der Waals surface area contributed by atoms with Crippen LogP contribution < -0.4 is 4.74 Å². The molecule has 0 amide bonds. The van der Waals surface area contributed by atoms with E-state index < -0.39 is 0 Å². The minimum Gasteiger partial charge on any atom is -0.490 e. The summed E-state index contributed by atoms with van der Waals surface area (Å²) in [7, 11) is 0. The van der Waals surface area contributed by atoms with Gasteiger partial charge in [0.05, 0.1) is 12.4 Å². The summed E-state index contributed by atoms with van der Waals surface area (Å²) < 4.78 is 5.54. The molecule has 0 aromatic heterocycles. The minimum absolute atomic E-state index is 0.587. The molecule has 0 radical (unpaired) electrons. The van der Waals surface area contributed by atoms with Crippen molar-refractivity contribution in [3.63, 3.8) is 0 Å². The summed E-state index contributed by atoms with van der Waals surface area (Å²) in [5, 5.41) is 8.18. The van der Waals surface area contributed by atoms with Gasteiger partial charge in [-0.3, -0.25) is 0 Å². The molecule has 0 fully saturated rings. The highest BCUT2D eigenvalue weighted by molar-refractivity contribution is 5.83. The molecule has 0 bridgehead atoms. The lowest BCUT2D eigenvalue weighted by Crippen LogP contribution is -1.93. The quantitative estimate of drug-likeness (QED) is 0.432. The highest BCUT2D eigenvalue weighted by atomic mass is 16.5. The fourth-order valence-electron chi connectivity index (χ4n) is 1.94. The number of nitrogens with zero attached hydrogens (tertiary/aromatic N) is 2. The Hall–Kier alpha value is -2.68. The first kappa shape index (κ1) is 16.7. The van der Waals surface area contributed by atoms with Crippen molar-refractivity contribution in [1.82, 2.24) is 0 Å². The fraction of sp³-hybridized carbons (Fsp3) is 0.200. The number of aryl methyl sites for hydroxylation is 2. The van der Waals surface area contributed by atoms with Gasteiger partial charge in [0.15, 0.2) is 0 Å². The maximum Gasteiger partial charge on any atom is 0.119 e. The Morgan fingerprint density at radius 2 is 1.52 bits per heavy atom. The lowest BCUT2D eigenvalue weighted by molar-refractivity contribution is 0.363. The van der Waals surface area contributed by atoms with Crippen LogP contribution in [0.3, 0.4) is 0 Å². The molecule has 2 aromatic rings. The van der Waals surface area contributed by atoms with Gasteiger partial charge in [-0.15, -0.1) is 0 Å². The number of allylic oxidation sites excluding steroid dienone is 1. The molecule has 0 aliphatic carbocycles. The van der Waals surface area contributed by atoms with E-state index in [4.69, 9.17) is 4.74 Å². The zero-order valence-electron chi connectivity index (χ0n) is 13.9. The molecular formula is C20H22N2O. The van der Waals surface area contributed by atoms with Gasteiger partial charge in [0.25, 0.3) is 0 Å². The second-order valence-corrected chi connectivity index (χ2v) is 5.28. The predicted molar refractivity (Wildman–Crippen MR) is 97.9 cm³/mol. The van der Waals surface area contributed by atoms with Crippen molar-refractivity contribution in [3.8, 4) is 5.75 Å². The van der Waals surface area contributed by atoms with Crippen LogP contribution in [-0.2, 0) is 0 Å². The van der Waals surface area contributed by atoms with Gasteiger partial charge in [-0.1, -0.05) is 30.4 Å². The zero-order valence-corrected chi connectivity index (χ0v) is 13.9. The molecule has 0 unspecified atom stereocenters. The first-order valence-corrected chi connectivity index (χ1v) is 7.66. The molecular weight excluding hydrogens is 284 g/mol. The maximum atomic E-state index is 5.54. The highest BCUT2D eigenvalue weighted by Gasteiger charge is 1.94. The first-order chi connectivity index (χ1) is 11.2. The van der Waals surface area contributed by atoms with Crippen molar-refractivity contribution in [2.75, 3.05) is 6.61 Å². The summed E-state index contributed by atoms with van der Waals surface area (Å²) >= 11 is 0. The zero-order chi connectivity index (χ0) is 16.5. The van der Waals surface area contributed by atoms with Gasteiger partial charge in [0.1, 0.15) is 12.4 Å². The molecule has 3 nitrogen and oxygen atoms in total. The minimum atomic E-state index is 0.587. The summed E-state index contributed by atoms with van der Waals surface area (Å²) in [6.07, 6.45) is 7.43. The maximum absolute atomic E-state index is 5.54. The summed E-state index contributed by atoms with van der Waals surface area (Å²) in [6, 6.07) is 14.0. The second kappa shape index (κ2) is 8.69. The lowest BCUT2D eigenvalue weighted by atomic mass is 10.1. The van der Waals surface area contributed by atoms with E-state index in [1.165, 1.54) is 11.1 Å². The van der Waals surface area contributed by atoms with Gasteiger partial charge in [-0.2, -0.15) is 10.2 Å². The standard InChI is InChI=1S/C20H22N2O/c1-4-5-12-23-20-10-8-18(9-11-20)14-21-22-15-19-7-6-16(2)17(3)13-19/h4-11,13-15H,12H2,1-3H3/b5-4+,21-14+,22-15+. The van der Waals surface area contributed by atoms with Crippen LogP contribution in [0, 0.1) is 13.8 Å². The molecule has 0 N–H and O–H groups in total. The summed E-state index contributed by atoms with van der Waals surface area (Å²) in [5.41, 5.74) is 4.58. The molecule has 23 heavy (non-hydrogen) atoms. The first-order valence-electron chi connectivity index (χ1n) is 7.66. The Bertz CT molecular complexity index is 713. The van der Waals surface area contributed by atoms with Crippen LogP contribution in [0.5, 0.6) is 5.75 Å². The van der Waals surface area contributed by atoms with Crippen molar-refractivity contribution in [1.29, 1.82) is 0 Å². The summed E-state index contributed by atoms with van der Waals surface area (Å²) in [4.78, 5) is 0. The monoisotopic (exact) mass is 306 g/mol. The van der Waals surface area contributed by atoms with Crippen molar-refractivity contribution in [2.45, 2.75) is 20.8 Å². The largest absolute Gasteiger partial charge is 0.490 e. The van der Waals surface area contributed by atoms with Crippen LogP contribution in [-0.4, -0.2) is 19.0 Å². The lowest BCUT2D eigenvalue weighted by Gasteiger charge is -2.02. The Balaban J connectivity index is 1.92. The molecule has 3 heteroatoms. The van der Waals surface area contributed by atoms with Gasteiger partial charge in [0, 0.05) is 0 Å². The third-order valence-corrected chi connectivity index (χ3v) is 3.47. The van der Waals surface area contributed by atoms with Crippen molar-refractivity contribution in [2.24, 2.45) is 10.2 Å². The molecule has 2 rings (SSSR count). The smallest absolute Gasteiger partial charge is 0.119 e. The topological polar surface area (TPSA) is 34.0 Å². The van der Waals surface area contributed by atoms with Gasteiger partial charge in [0.2, 0.25) is 0 Å². The van der Waals surface area contributed by atoms with E-state index in [1.807, 2.05) is 49.4 Å². The van der Waals surface area contributed by atoms with Crippen LogP contribution >= 0.6 is 0 Å². The number of rotatable bonds is 6. The molecule has 0 aliphatic rings. The fourth-order valence-corrected chi connectivity index (χ4v) is 1.94. The van der Waals surface area contributed by atoms with Gasteiger partial charge >= 0.3 is 0 Å². The Morgan fingerprint density at radius 1 is 0.870 bits per heavy atom. The Kier molecular flexibility index (Phi) is 6.30. The summed E-state index contributed by atoms with van der Waals surface area (Å²) in [5.74, 6) is 0.846. The van der Waals surface area contributed by atoms with Crippen molar-refractivity contribution in [3.05, 3.63) is 76.9 Å². The predicted octanol–water partition coefficient (Wildman–Crippen LogP) is 4.71. The van der Waals surface area contributed by atoms with E-state index in [-0.39, 0.29) is 0 Å². The normalized spacial score (nSPS) is 11.8. The molecule has 0 saturated heterocycles. The molecule has 0 atom stereocenters. The SMILES string of the molecule is C/C=C/COc1ccc(/C=N/N=C/c2ccc(C)c(C)c2)cc1. The van der Waals surface area contributed by atoms with Crippen LogP contribution in [0.4, 0.5) is 0 Å². The van der Waals surface area contributed by atoms with E-state index in [2.05, 4.69) is 36.2 Å².